The van der Waals surface area contributed by atoms with Crippen LogP contribution in [0.2, 0.25) is 0 Å². The third-order valence-electron chi connectivity index (χ3n) is 1.25. The smallest absolute Gasteiger partial charge is 0.358 e. The van der Waals surface area contributed by atoms with Crippen molar-refractivity contribution in [1.82, 2.24) is 9.97 Å². The van der Waals surface area contributed by atoms with E-state index in [1.807, 2.05) is 0 Å². The standard InChI is InChI=1S/C8H7N3O2/c1-6-10-4-2-7(11-6)8(12)13-5-3-9/h2,4H,5H2,1H3. The number of hydrogen-bond acceptors (Lipinski definition) is 5. The highest BCUT2D eigenvalue weighted by atomic mass is 16.5. The Morgan fingerprint density at radius 2 is 2.54 bits per heavy atom. The molecule has 0 aromatic carbocycles. The van der Waals surface area contributed by atoms with E-state index < -0.39 is 5.97 Å². The molecule has 0 bridgehead atoms. The minimum atomic E-state index is -0.605. The number of rotatable bonds is 2. The van der Waals surface area contributed by atoms with Crippen LogP contribution < -0.4 is 0 Å². The number of aryl methyl sites for hydroxylation is 1. The van der Waals surface area contributed by atoms with Crippen molar-refractivity contribution in [3.05, 3.63) is 23.8 Å². The maximum absolute atomic E-state index is 11.1. The second-order valence-corrected chi connectivity index (χ2v) is 2.22. The van der Waals surface area contributed by atoms with Crippen LogP contribution in [0.25, 0.3) is 0 Å². The second-order valence-electron chi connectivity index (χ2n) is 2.22. The van der Waals surface area contributed by atoms with Crippen LogP contribution in [0.15, 0.2) is 12.3 Å². The topological polar surface area (TPSA) is 75.9 Å². The number of nitriles is 1. The maximum atomic E-state index is 11.1. The number of ether oxygens (including phenoxy) is 1. The molecule has 1 aromatic rings. The molecule has 0 N–H and O–H groups in total. The van der Waals surface area contributed by atoms with Gasteiger partial charge < -0.3 is 4.74 Å². The molecule has 0 aliphatic rings. The van der Waals surface area contributed by atoms with E-state index >= 15 is 0 Å². The highest BCUT2D eigenvalue weighted by Gasteiger charge is 2.07. The van der Waals surface area contributed by atoms with Crippen molar-refractivity contribution in [1.29, 1.82) is 5.26 Å². The summed E-state index contributed by atoms with van der Waals surface area (Å²) < 4.78 is 4.54. The van der Waals surface area contributed by atoms with E-state index in [4.69, 9.17) is 5.26 Å². The van der Waals surface area contributed by atoms with Crippen molar-refractivity contribution in [3.63, 3.8) is 0 Å². The fourth-order valence-corrected chi connectivity index (χ4v) is 0.742. The van der Waals surface area contributed by atoms with Gasteiger partial charge in [-0.15, -0.1) is 0 Å². The lowest BCUT2D eigenvalue weighted by atomic mass is 10.4. The summed E-state index contributed by atoms with van der Waals surface area (Å²) in [7, 11) is 0. The third-order valence-corrected chi connectivity index (χ3v) is 1.25. The quantitative estimate of drug-likeness (QED) is 0.613. The predicted octanol–water partition coefficient (Wildman–Crippen LogP) is 0.465. The van der Waals surface area contributed by atoms with E-state index in [9.17, 15) is 4.79 Å². The molecule has 5 nitrogen and oxygen atoms in total. The number of esters is 1. The molecule has 0 radical (unpaired) electrons. The molecule has 0 atom stereocenters. The minimum Gasteiger partial charge on any atom is -0.446 e. The van der Waals surface area contributed by atoms with E-state index in [0.717, 1.165) is 0 Å². The number of aromatic nitrogens is 2. The Balaban J connectivity index is 2.72. The molecule has 0 saturated heterocycles. The average Bonchev–Trinajstić information content (AvgIpc) is 2.14. The van der Waals surface area contributed by atoms with Gasteiger partial charge in [-0.1, -0.05) is 0 Å². The van der Waals surface area contributed by atoms with Crippen molar-refractivity contribution in [2.75, 3.05) is 6.61 Å². The summed E-state index contributed by atoms with van der Waals surface area (Å²) in [5, 5.41) is 8.16. The lowest BCUT2D eigenvalue weighted by Crippen LogP contribution is -2.08. The first-order valence-electron chi connectivity index (χ1n) is 3.58. The molecule has 1 aromatic heterocycles. The Labute approximate surface area is 75.0 Å². The van der Waals surface area contributed by atoms with Crippen molar-refractivity contribution < 1.29 is 9.53 Å². The van der Waals surface area contributed by atoms with Gasteiger partial charge in [0, 0.05) is 6.20 Å². The molecule has 0 amide bonds. The van der Waals surface area contributed by atoms with Gasteiger partial charge in [-0.3, -0.25) is 0 Å². The second kappa shape index (κ2) is 4.16. The Kier molecular flexibility index (Phi) is 2.92. The van der Waals surface area contributed by atoms with Crippen LogP contribution in [0.3, 0.4) is 0 Å². The lowest BCUT2D eigenvalue weighted by molar-refractivity contribution is 0.0547. The van der Waals surface area contributed by atoms with Gasteiger partial charge in [-0.2, -0.15) is 5.26 Å². The molecule has 0 spiro atoms. The fraction of sp³-hybridized carbons (Fsp3) is 0.250. The number of carbonyl (C=O) groups is 1. The van der Waals surface area contributed by atoms with Crippen molar-refractivity contribution >= 4 is 5.97 Å². The van der Waals surface area contributed by atoms with Crippen LogP contribution in [-0.4, -0.2) is 22.5 Å². The van der Waals surface area contributed by atoms with Gasteiger partial charge in [-0.05, 0) is 13.0 Å². The minimum absolute atomic E-state index is 0.169. The predicted molar refractivity (Wildman–Crippen MR) is 42.7 cm³/mol. The molecule has 0 aliphatic heterocycles. The summed E-state index contributed by atoms with van der Waals surface area (Å²) >= 11 is 0. The fourth-order valence-electron chi connectivity index (χ4n) is 0.742. The van der Waals surface area contributed by atoms with Crippen LogP contribution in [0.5, 0.6) is 0 Å². The SMILES string of the molecule is Cc1nccc(C(=O)OCC#N)n1. The molecule has 1 heterocycles. The Morgan fingerprint density at radius 1 is 1.77 bits per heavy atom. The average molecular weight is 177 g/mol. The van der Waals surface area contributed by atoms with Gasteiger partial charge in [-0.25, -0.2) is 14.8 Å². The molecule has 13 heavy (non-hydrogen) atoms. The summed E-state index contributed by atoms with van der Waals surface area (Å²) in [4.78, 5) is 18.7. The van der Waals surface area contributed by atoms with Gasteiger partial charge >= 0.3 is 5.97 Å². The van der Waals surface area contributed by atoms with Crippen molar-refractivity contribution in [3.8, 4) is 6.07 Å². The van der Waals surface area contributed by atoms with Crippen molar-refractivity contribution in [2.45, 2.75) is 6.92 Å². The zero-order valence-corrected chi connectivity index (χ0v) is 7.02. The first kappa shape index (κ1) is 9.13. The number of hydrogen-bond donors (Lipinski definition) is 0. The zero-order valence-electron chi connectivity index (χ0n) is 7.02. The van der Waals surface area contributed by atoms with Gasteiger partial charge in [0.25, 0.3) is 0 Å². The number of nitrogens with zero attached hydrogens (tertiary/aromatic N) is 3. The molecule has 0 fully saturated rings. The Hall–Kier alpha value is -1.96. The lowest BCUT2D eigenvalue weighted by Gasteiger charge is -1.98. The number of carbonyl (C=O) groups excluding carboxylic acids is 1. The van der Waals surface area contributed by atoms with E-state index in [1.54, 1.807) is 13.0 Å². The van der Waals surface area contributed by atoms with E-state index in [1.165, 1.54) is 12.3 Å². The molecular formula is C8H7N3O2. The normalized spacial score (nSPS) is 8.92. The summed E-state index contributed by atoms with van der Waals surface area (Å²) in [6.45, 7) is 1.41. The van der Waals surface area contributed by atoms with Crippen LogP contribution in [-0.2, 0) is 4.74 Å². The van der Waals surface area contributed by atoms with Crippen LogP contribution in [0.4, 0.5) is 0 Å². The molecular weight excluding hydrogens is 170 g/mol. The van der Waals surface area contributed by atoms with Gasteiger partial charge in [0.2, 0.25) is 0 Å². The van der Waals surface area contributed by atoms with Crippen LogP contribution in [0, 0.1) is 18.3 Å². The molecule has 1 rings (SSSR count). The molecule has 0 saturated carbocycles. The van der Waals surface area contributed by atoms with Crippen LogP contribution >= 0.6 is 0 Å². The first-order valence-corrected chi connectivity index (χ1v) is 3.58. The third kappa shape index (κ3) is 2.52. The van der Waals surface area contributed by atoms with Gasteiger partial charge in [0.1, 0.15) is 11.9 Å². The molecule has 5 heteroatoms. The summed E-state index contributed by atoms with van der Waals surface area (Å²) in [6, 6.07) is 3.13. The largest absolute Gasteiger partial charge is 0.446 e. The first-order chi connectivity index (χ1) is 6.24. The summed E-state index contributed by atoms with van der Waals surface area (Å²) in [5.74, 6) is -0.113. The van der Waals surface area contributed by atoms with E-state index in [-0.39, 0.29) is 12.3 Å². The van der Waals surface area contributed by atoms with Gasteiger partial charge in [0.15, 0.2) is 12.3 Å². The molecule has 66 valence electrons. The zero-order chi connectivity index (χ0) is 9.68. The highest BCUT2D eigenvalue weighted by molar-refractivity contribution is 5.87. The van der Waals surface area contributed by atoms with E-state index in [2.05, 4.69) is 14.7 Å². The highest BCUT2D eigenvalue weighted by Crippen LogP contribution is 1.96. The maximum Gasteiger partial charge on any atom is 0.358 e. The Morgan fingerprint density at radius 3 is 3.15 bits per heavy atom. The summed E-state index contributed by atoms with van der Waals surface area (Å²) in [5.41, 5.74) is 0.169. The molecule has 0 aliphatic carbocycles. The van der Waals surface area contributed by atoms with E-state index in [0.29, 0.717) is 5.82 Å². The van der Waals surface area contributed by atoms with Gasteiger partial charge in [0.05, 0.1) is 0 Å². The Bertz CT molecular complexity index is 357. The monoisotopic (exact) mass is 177 g/mol. The summed E-state index contributed by atoms with van der Waals surface area (Å²) in [6.07, 6.45) is 1.46. The van der Waals surface area contributed by atoms with Crippen LogP contribution in [0.1, 0.15) is 16.3 Å². The molecule has 0 unspecified atom stereocenters. The van der Waals surface area contributed by atoms with Crippen molar-refractivity contribution in [2.24, 2.45) is 0 Å².